The fourth-order valence-electron chi connectivity index (χ4n) is 1.28. The molecule has 0 aliphatic rings. The van der Waals surface area contributed by atoms with Crippen LogP contribution in [0.2, 0.25) is 0 Å². The maximum atomic E-state index is 4.86. The van der Waals surface area contributed by atoms with Crippen LogP contribution >= 0.6 is 0 Å². The topological polar surface area (TPSA) is 79.6 Å². The average Bonchev–Trinajstić information content (AvgIpc) is 2.77. The quantitative estimate of drug-likeness (QED) is 0.771. The smallest absolute Gasteiger partial charge is 0.223 e. The standard InChI is InChI=1S/C9H13N5O/c1-6-8(4-11-13-6)3-10-5-9-12-7(2)15-14-9/h4,10H,3,5H2,1-2H3,(H,11,13). The first-order chi connectivity index (χ1) is 7.25. The van der Waals surface area contributed by atoms with Gasteiger partial charge in [-0.05, 0) is 6.92 Å². The largest absolute Gasteiger partial charge is 0.340 e. The van der Waals surface area contributed by atoms with Gasteiger partial charge in [0.05, 0.1) is 12.7 Å². The van der Waals surface area contributed by atoms with Crippen molar-refractivity contribution < 1.29 is 4.52 Å². The molecule has 2 rings (SSSR count). The summed E-state index contributed by atoms with van der Waals surface area (Å²) in [6.07, 6.45) is 1.81. The van der Waals surface area contributed by atoms with Crippen molar-refractivity contribution in [2.24, 2.45) is 0 Å². The summed E-state index contributed by atoms with van der Waals surface area (Å²) >= 11 is 0. The van der Waals surface area contributed by atoms with Crippen LogP contribution in [-0.4, -0.2) is 20.3 Å². The van der Waals surface area contributed by atoms with Crippen LogP contribution in [0.25, 0.3) is 0 Å². The van der Waals surface area contributed by atoms with Gasteiger partial charge in [0.2, 0.25) is 5.89 Å². The summed E-state index contributed by atoms with van der Waals surface area (Å²) in [5.41, 5.74) is 2.22. The van der Waals surface area contributed by atoms with Crippen molar-refractivity contribution in [1.29, 1.82) is 0 Å². The van der Waals surface area contributed by atoms with Gasteiger partial charge in [0.25, 0.3) is 0 Å². The number of aromatic amines is 1. The van der Waals surface area contributed by atoms with Crippen LogP contribution in [0.4, 0.5) is 0 Å². The molecular formula is C9H13N5O. The zero-order chi connectivity index (χ0) is 10.7. The van der Waals surface area contributed by atoms with Gasteiger partial charge in [-0.3, -0.25) is 5.10 Å². The number of nitrogens with one attached hydrogen (secondary N) is 2. The molecule has 0 fully saturated rings. The Morgan fingerprint density at radius 2 is 2.27 bits per heavy atom. The van der Waals surface area contributed by atoms with E-state index in [9.17, 15) is 0 Å². The van der Waals surface area contributed by atoms with Crippen LogP contribution < -0.4 is 5.32 Å². The average molecular weight is 207 g/mol. The lowest BCUT2D eigenvalue weighted by molar-refractivity contribution is 0.385. The van der Waals surface area contributed by atoms with Gasteiger partial charge < -0.3 is 9.84 Å². The summed E-state index contributed by atoms with van der Waals surface area (Å²) in [5, 5.41) is 13.8. The molecule has 0 aliphatic heterocycles. The molecule has 80 valence electrons. The lowest BCUT2D eigenvalue weighted by Crippen LogP contribution is -2.13. The van der Waals surface area contributed by atoms with Gasteiger partial charge in [0.1, 0.15) is 0 Å². The summed E-state index contributed by atoms with van der Waals surface area (Å²) < 4.78 is 4.86. The van der Waals surface area contributed by atoms with Crippen LogP contribution in [-0.2, 0) is 13.1 Å². The summed E-state index contributed by atoms with van der Waals surface area (Å²) in [6.45, 7) is 5.11. The second-order valence-corrected chi connectivity index (χ2v) is 3.35. The minimum atomic E-state index is 0.589. The molecule has 0 radical (unpaired) electrons. The monoisotopic (exact) mass is 207 g/mol. The molecule has 0 amide bonds. The number of nitrogens with zero attached hydrogens (tertiary/aromatic N) is 3. The van der Waals surface area contributed by atoms with Gasteiger partial charge in [-0.1, -0.05) is 5.16 Å². The van der Waals surface area contributed by atoms with Crippen molar-refractivity contribution in [3.05, 3.63) is 29.2 Å². The lowest BCUT2D eigenvalue weighted by atomic mass is 10.2. The Morgan fingerprint density at radius 1 is 1.40 bits per heavy atom. The molecule has 0 aliphatic carbocycles. The summed E-state index contributed by atoms with van der Waals surface area (Å²) in [4.78, 5) is 4.09. The third-order valence-corrected chi connectivity index (χ3v) is 2.10. The van der Waals surface area contributed by atoms with Crippen molar-refractivity contribution >= 4 is 0 Å². The molecule has 0 atom stereocenters. The van der Waals surface area contributed by atoms with Crippen LogP contribution in [0.5, 0.6) is 0 Å². The van der Waals surface area contributed by atoms with E-state index in [1.54, 1.807) is 6.92 Å². The number of aromatic nitrogens is 4. The highest BCUT2D eigenvalue weighted by molar-refractivity contribution is 5.13. The highest BCUT2D eigenvalue weighted by Crippen LogP contribution is 2.02. The fraction of sp³-hybridized carbons (Fsp3) is 0.444. The van der Waals surface area contributed by atoms with E-state index in [1.165, 1.54) is 0 Å². The third-order valence-electron chi connectivity index (χ3n) is 2.10. The first-order valence-corrected chi connectivity index (χ1v) is 4.74. The number of hydrogen-bond donors (Lipinski definition) is 2. The summed E-state index contributed by atoms with van der Waals surface area (Å²) in [6, 6.07) is 0. The fourth-order valence-corrected chi connectivity index (χ4v) is 1.28. The molecule has 2 aromatic heterocycles. The Morgan fingerprint density at radius 3 is 2.87 bits per heavy atom. The molecular weight excluding hydrogens is 194 g/mol. The number of rotatable bonds is 4. The van der Waals surface area contributed by atoms with Gasteiger partial charge in [-0.25, -0.2) is 0 Å². The molecule has 6 heteroatoms. The molecule has 0 unspecified atom stereocenters. The third kappa shape index (κ3) is 2.41. The van der Waals surface area contributed by atoms with E-state index in [0.29, 0.717) is 18.3 Å². The van der Waals surface area contributed by atoms with E-state index in [2.05, 4.69) is 25.7 Å². The number of H-pyrrole nitrogens is 1. The number of aryl methyl sites for hydroxylation is 2. The highest BCUT2D eigenvalue weighted by Gasteiger charge is 2.03. The van der Waals surface area contributed by atoms with Crippen LogP contribution in [0.15, 0.2) is 10.7 Å². The second kappa shape index (κ2) is 4.22. The normalized spacial score (nSPS) is 10.8. The Labute approximate surface area is 87.1 Å². The van der Waals surface area contributed by atoms with Gasteiger partial charge in [-0.15, -0.1) is 0 Å². The van der Waals surface area contributed by atoms with E-state index < -0.39 is 0 Å². The van der Waals surface area contributed by atoms with Crippen molar-refractivity contribution in [3.63, 3.8) is 0 Å². The zero-order valence-electron chi connectivity index (χ0n) is 8.74. The van der Waals surface area contributed by atoms with E-state index >= 15 is 0 Å². The van der Waals surface area contributed by atoms with Crippen LogP contribution in [0.3, 0.4) is 0 Å². The van der Waals surface area contributed by atoms with Gasteiger partial charge in [0.15, 0.2) is 5.82 Å². The Kier molecular flexibility index (Phi) is 2.77. The first kappa shape index (κ1) is 9.85. The first-order valence-electron chi connectivity index (χ1n) is 4.74. The lowest BCUT2D eigenvalue weighted by Gasteiger charge is -1.99. The van der Waals surface area contributed by atoms with Gasteiger partial charge in [-0.2, -0.15) is 10.1 Å². The molecule has 0 saturated carbocycles. The number of hydrogen-bond acceptors (Lipinski definition) is 5. The van der Waals surface area contributed by atoms with Gasteiger partial charge >= 0.3 is 0 Å². The Hall–Kier alpha value is -1.69. The molecule has 6 nitrogen and oxygen atoms in total. The minimum Gasteiger partial charge on any atom is -0.340 e. The molecule has 0 saturated heterocycles. The van der Waals surface area contributed by atoms with Crippen molar-refractivity contribution in [2.75, 3.05) is 0 Å². The SMILES string of the molecule is Cc1nc(CNCc2cn[nH]c2C)no1. The Bertz CT molecular complexity index is 433. The second-order valence-electron chi connectivity index (χ2n) is 3.35. The summed E-state index contributed by atoms with van der Waals surface area (Å²) in [7, 11) is 0. The maximum Gasteiger partial charge on any atom is 0.223 e. The van der Waals surface area contributed by atoms with Crippen LogP contribution in [0, 0.1) is 13.8 Å². The van der Waals surface area contributed by atoms with E-state index in [-0.39, 0.29) is 0 Å². The molecule has 0 bridgehead atoms. The van der Waals surface area contributed by atoms with Gasteiger partial charge in [0, 0.05) is 24.7 Å². The molecule has 0 spiro atoms. The van der Waals surface area contributed by atoms with E-state index in [1.807, 2.05) is 13.1 Å². The molecule has 15 heavy (non-hydrogen) atoms. The van der Waals surface area contributed by atoms with Crippen molar-refractivity contribution in [1.82, 2.24) is 25.7 Å². The molecule has 2 N–H and O–H groups in total. The zero-order valence-corrected chi connectivity index (χ0v) is 8.74. The van der Waals surface area contributed by atoms with Crippen molar-refractivity contribution in [2.45, 2.75) is 26.9 Å². The molecule has 2 aromatic rings. The van der Waals surface area contributed by atoms with E-state index in [4.69, 9.17) is 4.52 Å². The maximum absolute atomic E-state index is 4.86. The molecule has 2 heterocycles. The minimum absolute atomic E-state index is 0.589. The summed E-state index contributed by atoms with van der Waals surface area (Å²) in [5.74, 6) is 1.26. The molecule has 0 aromatic carbocycles. The van der Waals surface area contributed by atoms with E-state index in [0.717, 1.165) is 17.8 Å². The predicted octanol–water partition coefficient (Wildman–Crippen LogP) is 0.699. The van der Waals surface area contributed by atoms with Crippen molar-refractivity contribution in [3.8, 4) is 0 Å². The highest BCUT2D eigenvalue weighted by atomic mass is 16.5. The Balaban J connectivity index is 1.83. The van der Waals surface area contributed by atoms with Crippen LogP contribution in [0.1, 0.15) is 23.0 Å². The predicted molar refractivity (Wildman–Crippen MR) is 52.9 cm³/mol.